The van der Waals surface area contributed by atoms with Crippen LogP contribution in [-0.2, 0) is 6.54 Å². The first kappa shape index (κ1) is 22.7. The number of hydrogen-bond donors (Lipinski definition) is 4. The van der Waals surface area contributed by atoms with Gasteiger partial charge >= 0.3 is 0 Å². The zero-order valence-electron chi connectivity index (χ0n) is 19.4. The molecule has 2 saturated carbocycles. The van der Waals surface area contributed by atoms with E-state index in [0.717, 1.165) is 38.5 Å². The van der Waals surface area contributed by atoms with Gasteiger partial charge in [0.1, 0.15) is 29.1 Å². The van der Waals surface area contributed by atoms with Crippen LogP contribution in [0.5, 0.6) is 5.75 Å². The van der Waals surface area contributed by atoms with Crippen LogP contribution in [0.1, 0.15) is 60.1 Å². The monoisotopic (exact) mass is 466 g/mol. The maximum atomic E-state index is 14.6. The van der Waals surface area contributed by atoms with Gasteiger partial charge in [0.15, 0.2) is 0 Å². The van der Waals surface area contributed by atoms with Gasteiger partial charge in [-0.05, 0) is 57.4 Å². The van der Waals surface area contributed by atoms with Crippen LogP contribution in [0.15, 0.2) is 18.5 Å². The summed E-state index contributed by atoms with van der Waals surface area (Å²) in [5, 5.41) is 3.15. The highest BCUT2D eigenvalue weighted by Crippen LogP contribution is 2.38. The third kappa shape index (κ3) is 4.50. The number of halogens is 1. The lowest BCUT2D eigenvalue weighted by Crippen LogP contribution is -2.40. The Bertz CT molecular complexity index is 1210. The normalized spacial score (nSPS) is 20.5. The number of fused-ring (bicyclic) bond motifs is 1. The zero-order valence-corrected chi connectivity index (χ0v) is 19.4. The lowest BCUT2D eigenvalue weighted by Gasteiger charge is -2.26. The molecule has 8 nitrogen and oxygen atoms in total. The minimum absolute atomic E-state index is 0.0540. The highest BCUT2D eigenvalue weighted by Gasteiger charge is 2.27. The fourth-order valence-electron chi connectivity index (χ4n) is 4.68. The number of aryl methyl sites for hydroxylation is 1. The molecular formula is C25H31FN6O2. The van der Waals surface area contributed by atoms with Crippen molar-refractivity contribution in [3.8, 4) is 17.0 Å². The van der Waals surface area contributed by atoms with Crippen LogP contribution in [0.25, 0.3) is 22.3 Å². The highest BCUT2D eigenvalue weighted by molar-refractivity contribution is 6.09. The molecule has 0 aliphatic heterocycles. The van der Waals surface area contributed by atoms with Crippen LogP contribution in [0.2, 0.25) is 0 Å². The first-order chi connectivity index (χ1) is 16.4. The molecule has 1 aromatic carbocycles. The summed E-state index contributed by atoms with van der Waals surface area (Å²) >= 11 is 0. The van der Waals surface area contributed by atoms with Gasteiger partial charge in [0.2, 0.25) is 0 Å². The van der Waals surface area contributed by atoms with Crippen molar-refractivity contribution in [2.45, 2.75) is 64.1 Å². The van der Waals surface area contributed by atoms with Crippen LogP contribution >= 0.6 is 0 Å². The van der Waals surface area contributed by atoms with Crippen molar-refractivity contribution in [3.63, 3.8) is 0 Å². The van der Waals surface area contributed by atoms with Crippen molar-refractivity contribution >= 4 is 16.9 Å². The van der Waals surface area contributed by atoms with Gasteiger partial charge in [-0.2, -0.15) is 0 Å². The average molecular weight is 467 g/mol. The Morgan fingerprint density at radius 2 is 1.97 bits per heavy atom. The van der Waals surface area contributed by atoms with Gasteiger partial charge in [-0.1, -0.05) is 0 Å². The molecule has 3 aromatic rings. The number of nitrogens with one attached hydrogen (secondary N) is 2. The van der Waals surface area contributed by atoms with E-state index in [1.54, 1.807) is 6.07 Å². The van der Waals surface area contributed by atoms with Gasteiger partial charge in [-0.3, -0.25) is 4.79 Å². The summed E-state index contributed by atoms with van der Waals surface area (Å²) in [6.45, 7) is 2.43. The number of rotatable bonds is 7. The Morgan fingerprint density at radius 1 is 1.21 bits per heavy atom. The topological polar surface area (TPSA) is 132 Å². The molecule has 1 amide bonds. The number of hydrogen-bond acceptors (Lipinski definition) is 6. The van der Waals surface area contributed by atoms with Crippen molar-refractivity contribution in [3.05, 3.63) is 41.1 Å². The first-order valence-electron chi connectivity index (χ1n) is 12.0. The first-order valence-corrected chi connectivity index (χ1v) is 12.0. The Balaban J connectivity index is 1.52. The smallest absolute Gasteiger partial charge is 0.255 e. The van der Waals surface area contributed by atoms with E-state index in [2.05, 4.69) is 20.3 Å². The van der Waals surface area contributed by atoms with Gasteiger partial charge < -0.3 is 26.5 Å². The third-order valence-electron chi connectivity index (χ3n) is 6.90. The number of aromatic nitrogens is 3. The minimum atomic E-state index is -0.405. The number of carbonyl (C=O) groups is 1. The van der Waals surface area contributed by atoms with Gasteiger partial charge in [-0.15, -0.1) is 0 Å². The number of H-pyrrole nitrogens is 1. The molecular weight excluding hydrogens is 435 g/mol. The van der Waals surface area contributed by atoms with Crippen molar-refractivity contribution < 1.29 is 13.9 Å². The van der Waals surface area contributed by atoms with Crippen molar-refractivity contribution in [2.75, 3.05) is 6.61 Å². The van der Waals surface area contributed by atoms with E-state index in [0.29, 0.717) is 57.4 Å². The number of ether oxygens (including phenoxy) is 1. The van der Waals surface area contributed by atoms with E-state index in [1.165, 1.54) is 12.4 Å². The lowest BCUT2D eigenvalue weighted by atomic mass is 9.91. The summed E-state index contributed by atoms with van der Waals surface area (Å²) in [5.74, 6) is 0.351. The van der Waals surface area contributed by atoms with Gasteiger partial charge in [-0.25, -0.2) is 14.4 Å². The molecule has 2 aliphatic rings. The molecule has 34 heavy (non-hydrogen) atoms. The quantitative estimate of drug-likeness (QED) is 0.422. The summed E-state index contributed by atoms with van der Waals surface area (Å²) in [5.41, 5.74) is 15.7. The molecule has 0 saturated heterocycles. The molecule has 9 heteroatoms. The molecule has 0 spiro atoms. The number of aromatic amines is 1. The molecule has 6 N–H and O–H groups in total. The Hall–Kier alpha value is -3.04. The van der Waals surface area contributed by atoms with E-state index < -0.39 is 5.82 Å². The second kappa shape index (κ2) is 9.31. The second-order valence-corrected chi connectivity index (χ2v) is 9.55. The molecule has 2 aliphatic carbocycles. The Morgan fingerprint density at radius 3 is 2.68 bits per heavy atom. The lowest BCUT2D eigenvalue weighted by molar-refractivity contribution is 0.0927. The predicted molar refractivity (Wildman–Crippen MR) is 128 cm³/mol. The van der Waals surface area contributed by atoms with Gasteiger partial charge in [0.05, 0.1) is 17.7 Å². The molecule has 0 atom stereocenters. The SMILES string of the molecule is Cc1[nH]c2c(-c3cc(CN)c(F)cc3OCC3CC3)ncnc2c1C(=O)NC1CCC(N)CC1. The van der Waals surface area contributed by atoms with E-state index in [9.17, 15) is 9.18 Å². The maximum Gasteiger partial charge on any atom is 0.255 e. The molecule has 180 valence electrons. The highest BCUT2D eigenvalue weighted by atomic mass is 19.1. The van der Waals surface area contributed by atoms with Gasteiger partial charge in [0, 0.05) is 41.5 Å². The molecule has 0 bridgehead atoms. The molecule has 2 heterocycles. The fraction of sp³-hybridized carbons (Fsp3) is 0.480. The average Bonchev–Trinajstić information content (AvgIpc) is 3.59. The summed E-state index contributed by atoms with van der Waals surface area (Å²) in [4.78, 5) is 25.4. The number of benzene rings is 1. The van der Waals surface area contributed by atoms with Crippen LogP contribution in [-0.4, -0.2) is 39.5 Å². The summed E-state index contributed by atoms with van der Waals surface area (Å²) in [7, 11) is 0. The maximum absolute atomic E-state index is 14.6. The Labute approximate surface area is 197 Å². The fourth-order valence-corrected chi connectivity index (χ4v) is 4.68. The Kier molecular flexibility index (Phi) is 6.22. The predicted octanol–water partition coefficient (Wildman–Crippen LogP) is 3.32. The van der Waals surface area contributed by atoms with E-state index in [-0.39, 0.29) is 24.5 Å². The molecule has 2 aromatic heterocycles. The minimum Gasteiger partial charge on any atom is -0.492 e. The molecule has 0 unspecified atom stereocenters. The molecule has 5 rings (SSSR count). The number of nitrogens with zero attached hydrogens (tertiary/aromatic N) is 2. The second-order valence-electron chi connectivity index (χ2n) is 9.55. The molecule has 0 radical (unpaired) electrons. The van der Waals surface area contributed by atoms with Crippen molar-refractivity contribution in [1.29, 1.82) is 0 Å². The van der Waals surface area contributed by atoms with Crippen LogP contribution < -0.4 is 21.5 Å². The third-order valence-corrected chi connectivity index (χ3v) is 6.90. The van der Waals surface area contributed by atoms with Gasteiger partial charge in [0.25, 0.3) is 5.91 Å². The van der Waals surface area contributed by atoms with Crippen molar-refractivity contribution in [2.24, 2.45) is 17.4 Å². The standard InChI is InChI=1S/C25H31FN6O2/c1-13-21(25(33)32-17-6-4-16(28)5-7-17)23-24(31-13)22(29-12-30-23)18-8-15(10-27)19(26)9-20(18)34-11-14-2-3-14/h8-9,12,14,16-17,31H,2-7,10-11,27-28H2,1H3,(H,32,33). The van der Waals surface area contributed by atoms with E-state index in [1.807, 2.05) is 6.92 Å². The number of nitrogens with two attached hydrogens (primary N) is 2. The van der Waals surface area contributed by atoms with Crippen LogP contribution in [0, 0.1) is 18.7 Å². The number of carbonyl (C=O) groups excluding carboxylic acids is 1. The molecule has 2 fully saturated rings. The van der Waals surface area contributed by atoms with Crippen LogP contribution in [0.3, 0.4) is 0 Å². The zero-order chi connectivity index (χ0) is 23.8. The summed E-state index contributed by atoms with van der Waals surface area (Å²) in [6, 6.07) is 3.37. The van der Waals surface area contributed by atoms with Crippen LogP contribution in [0.4, 0.5) is 4.39 Å². The van der Waals surface area contributed by atoms with E-state index >= 15 is 0 Å². The number of amides is 1. The summed E-state index contributed by atoms with van der Waals surface area (Å²) < 4.78 is 20.6. The van der Waals surface area contributed by atoms with E-state index in [4.69, 9.17) is 16.2 Å². The largest absolute Gasteiger partial charge is 0.492 e. The van der Waals surface area contributed by atoms with Crippen molar-refractivity contribution in [1.82, 2.24) is 20.3 Å². The summed E-state index contributed by atoms with van der Waals surface area (Å²) in [6.07, 6.45) is 7.22.